The van der Waals surface area contributed by atoms with Gasteiger partial charge in [-0.15, -0.1) is 11.6 Å². The molecule has 3 aromatic rings. The highest BCUT2D eigenvalue weighted by Crippen LogP contribution is 2.17. The Bertz CT molecular complexity index is 1060. The number of alkyl halides is 1. The third-order valence-electron chi connectivity index (χ3n) is 3.85. The molecule has 2 aromatic heterocycles. The number of nitrogens with zero attached hydrogens (tertiary/aromatic N) is 3. The summed E-state index contributed by atoms with van der Waals surface area (Å²) in [6, 6.07) is 11.1. The molecule has 0 aliphatic heterocycles. The van der Waals surface area contributed by atoms with Crippen LogP contribution in [-0.4, -0.2) is 33.3 Å². The van der Waals surface area contributed by atoms with Gasteiger partial charge in [0.15, 0.2) is 6.61 Å². The molecule has 2 heterocycles. The maximum absolute atomic E-state index is 12.4. The minimum Gasteiger partial charge on any atom is -0.463 e. The topological polar surface area (TPSA) is 115 Å². The van der Waals surface area contributed by atoms with Crippen molar-refractivity contribution in [2.45, 2.75) is 6.54 Å². The number of rotatable bonds is 7. The number of halogens is 1. The molecule has 0 aliphatic rings. The largest absolute Gasteiger partial charge is 0.463 e. The van der Waals surface area contributed by atoms with Gasteiger partial charge in [-0.05, 0) is 29.8 Å². The molecule has 0 saturated carbocycles. The van der Waals surface area contributed by atoms with Crippen LogP contribution < -0.4 is 21.1 Å². The van der Waals surface area contributed by atoms with E-state index >= 15 is 0 Å². The van der Waals surface area contributed by atoms with Crippen LogP contribution >= 0.6 is 11.6 Å². The van der Waals surface area contributed by atoms with Crippen molar-refractivity contribution >= 4 is 34.7 Å². The van der Waals surface area contributed by atoms with Gasteiger partial charge in [0.25, 0.3) is 5.91 Å². The van der Waals surface area contributed by atoms with E-state index in [0.29, 0.717) is 18.1 Å². The lowest BCUT2D eigenvalue weighted by molar-refractivity contribution is 0.102. The molecule has 8 nitrogen and oxygen atoms in total. The molecule has 0 bridgehead atoms. The SMILES string of the molecule is Nc1ncccc1NCc1cccc(NC(=O)c2cnc(OCC#CCCl)cn2)c1. The van der Waals surface area contributed by atoms with E-state index in [1.54, 1.807) is 18.3 Å². The van der Waals surface area contributed by atoms with E-state index in [1.807, 2.05) is 24.3 Å². The molecule has 0 fully saturated rings. The van der Waals surface area contributed by atoms with Crippen LogP contribution in [0, 0.1) is 11.8 Å². The maximum Gasteiger partial charge on any atom is 0.275 e. The van der Waals surface area contributed by atoms with Gasteiger partial charge < -0.3 is 21.1 Å². The van der Waals surface area contributed by atoms with E-state index in [2.05, 4.69) is 37.4 Å². The molecule has 9 heteroatoms. The Morgan fingerprint density at radius 2 is 2.03 bits per heavy atom. The molecule has 30 heavy (non-hydrogen) atoms. The Hall–Kier alpha value is -3.83. The molecule has 0 atom stereocenters. The number of benzene rings is 1. The summed E-state index contributed by atoms with van der Waals surface area (Å²) >= 11 is 5.45. The number of hydrogen-bond donors (Lipinski definition) is 3. The third-order valence-corrected chi connectivity index (χ3v) is 3.98. The monoisotopic (exact) mass is 422 g/mol. The number of nitrogens with two attached hydrogens (primary N) is 1. The molecule has 152 valence electrons. The fourth-order valence-corrected chi connectivity index (χ4v) is 2.53. The summed E-state index contributed by atoms with van der Waals surface area (Å²) in [5, 5.41) is 6.02. The molecule has 1 amide bonds. The number of carbonyl (C=O) groups is 1. The molecule has 4 N–H and O–H groups in total. The Morgan fingerprint density at radius 3 is 2.80 bits per heavy atom. The first-order chi connectivity index (χ1) is 14.7. The standard InChI is InChI=1S/C21H19ClN6O2/c22-8-1-2-10-30-19-14-26-18(13-27-19)21(29)28-16-6-3-5-15(11-16)12-25-17-7-4-9-24-20(17)23/h3-7,9,11,13-14,25H,8,10,12H2,(H2,23,24)(H,28,29). The summed E-state index contributed by atoms with van der Waals surface area (Å²) in [5.41, 5.74) is 8.35. The number of nitrogens with one attached hydrogen (secondary N) is 2. The second-order valence-electron chi connectivity index (χ2n) is 5.96. The van der Waals surface area contributed by atoms with Crippen molar-refractivity contribution in [3.63, 3.8) is 0 Å². The minimum absolute atomic E-state index is 0.151. The van der Waals surface area contributed by atoms with Crippen LogP contribution in [0.3, 0.4) is 0 Å². The van der Waals surface area contributed by atoms with Crippen LogP contribution in [0.25, 0.3) is 0 Å². The average Bonchev–Trinajstić information content (AvgIpc) is 2.77. The fourth-order valence-electron chi connectivity index (χ4n) is 2.43. The number of amides is 1. The molecule has 0 unspecified atom stereocenters. The number of anilines is 3. The summed E-state index contributed by atoms with van der Waals surface area (Å²) in [6.45, 7) is 0.677. The lowest BCUT2D eigenvalue weighted by atomic mass is 10.2. The number of nitrogen functional groups attached to an aromatic ring is 1. The zero-order valence-electron chi connectivity index (χ0n) is 15.9. The van der Waals surface area contributed by atoms with Gasteiger partial charge in [0, 0.05) is 18.4 Å². The highest BCUT2D eigenvalue weighted by atomic mass is 35.5. The lowest BCUT2D eigenvalue weighted by Crippen LogP contribution is -2.14. The quantitative estimate of drug-likeness (QED) is 0.396. The van der Waals surface area contributed by atoms with Gasteiger partial charge in [0.1, 0.15) is 11.5 Å². The van der Waals surface area contributed by atoms with Crippen LogP contribution in [0.2, 0.25) is 0 Å². The van der Waals surface area contributed by atoms with Crippen molar-refractivity contribution in [1.82, 2.24) is 15.0 Å². The number of hydrogen-bond acceptors (Lipinski definition) is 7. The third kappa shape index (κ3) is 6.09. The fraction of sp³-hybridized carbons (Fsp3) is 0.143. The molecular formula is C21H19ClN6O2. The van der Waals surface area contributed by atoms with Gasteiger partial charge in [-0.3, -0.25) is 4.79 Å². The van der Waals surface area contributed by atoms with Gasteiger partial charge in [0.05, 0.1) is 24.0 Å². The van der Waals surface area contributed by atoms with Crippen LogP contribution in [0.1, 0.15) is 16.1 Å². The van der Waals surface area contributed by atoms with Gasteiger partial charge >= 0.3 is 0 Å². The number of ether oxygens (including phenoxy) is 1. The number of aromatic nitrogens is 3. The van der Waals surface area contributed by atoms with Crippen molar-refractivity contribution in [1.29, 1.82) is 0 Å². The summed E-state index contributed by atoms with van der Waals surface area (Å²) in [7, 11) is 0. The Kier molecular flexibility index (Phi) is 7.41. The zero-order chi connectivity index (χ0) is 21.2. The molecule has 3 rings (SSSR count). The van der Waals surface area contributed by atoms with Crippen molar-refractivity contribution in [3.05, 3.63) is 66.2 Å². The molecule has 0 spiro atoms. The summed E-state index contributed by atoms with van der Waals surface area (Å²) in [5.74, 6) is 5.95. The second-order valence-corrected chi connectivity index (χ2v) is 6.23. The van der Waals surface area contributed by atoms with E-state index in [0.717, 1.165) is 11.3 Å². The van der Waals surface area contributed by atoms with Crippen molar-refractivity contribution in [2.75, 3.05) is 28.9 Å². The van der Waals surface area contributed by atoms with E-state index in [1.165, 1.54) is 12.4 Å². The molecule has 0 radical (unpaired) electrons. The first-order valence-corrected chi connectivity index (χ1v) is 9.50. The van der Waals surface area contributed by atoms with E-state index in [9.17, 15) is 4.79 Å². The summed E-state index contributed by atoms with van der Waals surface area (Å²) in [6.07, 6.45) is 4.35. The van der Waals surface area contributed by atoms with Gasteiger partial charge in [0.2, 0.25) is 5.88 Å². The summed E-state index contributed by atoms with van der Waals surface area (Å²) in [4.78, 5) is 24.6. The first-order valence-electron chi connectivity index (χ1n) is 8.97. The second kappa shape index (κ2) is 10.6. The predicted molar refractivity (Wildman–Crippen MR) is 116 cm³/mol. The van der Waals surface area contributed by atoms with E-state index in [-0.39, 0.29) is 30.0 Å². The first kappa shape index (κ1) is 20.9. The summed E-state index contributed by atoms with van der Waals surface area (Å²) < 4.78 is 5.29. The van der Waals surface area contributed by atoms with Crippen molar-refractivity contribution in [3.8, 4) is 17.7 Å². The van der Waals surface area contributed by atoms with Gasteiger partial charge in [-0.1, -0.05) is 24.0 Å². The number of carbonyl (C=O) groups excluding carboxylic acids is 1. The molecular weight excluding hydrogens is 404 g/mol. The van der Waals surface area contributed by atoms with Crippen LogP contribution in [0.5, 0.6) is 5.88 Å². The minimum atomic E-state index is -0.377. The molecule has 1 aromatic carbocycles. The van der Waals surface area contributed by atoms with Gasteiger partial charge in [-0.2, -0.15) is 0 Å². The number of pyridine rings is 1. The highest BCUT2D eigenvalue weighted by Gasteiger charge is 2.09. The average molecular weight is 423 g/mol. The van der Waals surface area contributed by atoms with Gasteiger partial charge in [-0.25, -0.2) is 15.0 Å². The zero-order valence-corrected chi connectivity index (χ0v) is 16.7. The Morgan fingerprint density at radius 1 is 1.13 bits per heavy atom. The Balaban J connectivity index is 1.57. The molecule has 0 saturated heterocycles. The van der Waals surface area contributed by atoms with Crippen molar-refractivity contribution in [2.24, 2.45) is 0 Å². The van der Waals surface area contributed by atoms with E-state index in [4.69, 9.17) is 22.1 Å². The molecule has 0 aliphatic carbocycles. The Labute approximate surface area is 178 Å². The van der Waals surface area contributed by atoms with Crippen LogP contribution in [0.15, 0.2) is 55.0 Å². The highest BCUT2D eigenvalue weighted by molar-refractivity contribution is 6.19. The smallest absolute Gasteiger partial charge is 0.275 e. The maximum atomic E-state index is 12.4. The predicted octanol–water partition coefficient (Wildman–Crippen LogP) is 2.94. The van der Waals surface area contributed by atoms with Crippen LogP contribution in [0.4, 0.5) is 17.2 Å². The lowest BCUT2D eigenvalue weighted by Gasteiger charge is -2.10. The van der Waals surface area contributed by atoms with Crippen molar-refractivity contribution < 1.29 is 9.53 Å². The van der Waals surface area contributed by atoms with Crippen LogP contribution in [-0.2, 0) is 6.54 Å². The normalized spacial score (nSPS) is 9.90. The van der Waals surface area contributed by atoms with E-state index < -0.39 is 0 Å².